The van der Waals surface area contributed by atoms with Gasteiger partial charge >= 0.3 is 0 Å². The van der Waals surface area contributed by atoms with Crippen molar-refractivity contribution in [2.45, 2.75) is 26.3 Å². The van der Waals surface area contributed by atoms with Crippen LogP contribution in [0, 0.1) is 16.0 Å². The van der Waals surface area contributed by atoms with Gasteiger partial charge in [-0.15, -0.1) is 0 Å². The highest BCUT2D eigenvalue weighted by Crippen LogP contribution is 2.22. The molecule has 1 aromatic rings. The molecule has 2 atom stereocenters. The van der Waals surface area contributed by atoms with Crippen LogP contribution in [0.15, 0.2) is 24.3 Å². The normalized spacial score (nSPS) is 13.3. The van der Waals surface area contributed by atoms with Gasteiger partial charge in [0.2, 0.25) is 5.91 Å². The summed E-state index contributed by atoms with van der Waals surface area (Å²) in [7, 11) is 0. The van der Waals surface area contributed by atoms with E-state index >= 15 is 0 Å². The van der Waals surface area contributed by atoms with Crippen LogP contribution in [0.4, 0.5) is 11.4 Å². The molecule has 21 heavy (non-hydrogen) atoms. The van der Waals surface area contributed by atoms with Gasteiger partial charge in [0.1, 0.15) is 5.69 Å². The molecule has 0 bridgehead atoms. The first-order valence-electron chi connectivity index (χ1n) is 6.98. The van der Waals surface area contributed by atoms with E-state index in [0.717, 1.165) is 6.42 Å². The molecule has 1 amide bonds. The molecule has 1 aromatic carbocycles. The molecule has 1 rings (SSSR count). The van der Waals surface area contributed by atoms with E-state index in [1.165, 1.54) is 6.07 Å². The number of nitro benzene ring substituents is 1. The van der Waals surface area contributed by atoms with E-state index in [4.69, 9.17) is 5.73 Å². The zero-order valence-corrected chi connectivity index (χ0v) is 12.3. The van der Waals surface area contributed by atoms with E-state index in [-0.39, 0.29) is 17.5 Å². The van der Waals surface area contributed by atoms with Crippen LogP contribution in [0.2, 0.25) is 0 Å². The maximum absolute atomic E-state index is 11.8. The molecule has 116 valence electrons. The monoisotopic (exact) mass is 294 g/mol. The van der Waals surface area contributed by atoms with Crippen molar-refractivity contribution in [3.05, 3.63) is 34.4 Å². The molecule has 0 fully saturated rings. The third kappa shape index (κ3) is 5.03. The van der Waals surface area contributed by atoms with Gasteiger partial charge in [0.25, 0.3) is 5.69 Å². The summed E-state index contributed by atoms with van der Waals surface area (Å²) in [5, 5.41) is 16.5. The van der Waals surface area contributed by atoms with Gasteiger partial charge in [0.15, 0.2) is 0 Å². The van der Waals surface area contributed by atoms with Crippen molar-refractivity contribution in [2.75, 3.05) is 18.4 Å². The lowest BCUT2D eigenvalue weighted by atomic mass is 9.99. The average molecular weight is 294 g/mol. The zero-order chi connectivity index (χ0) is 15.8. The van der Waals surface area contributed by atoms with E-state index in [9.17, 15) is 14.9 Å². The number of hydrogen-bond acceptors (Lipinski definition) is 5. The van der Waals surface area contributed by atoms with Crippen LogP contribution >= 0.6 is 0 Å². The lowest BCUT2D eigenvalue weighted by molar-refractivity contribution is -0.384. The first-order chi connectivity index (χ1) is 9.97. The Balaban J connectivity index is 2.41. The molecule has 7 nitrogen and oxygen atoms in total. The van der Waals surface area contributed by atoms with Crippen molar-refractivity contribution < 1.29 is 9.72 Å². The number of para-hydroxylation sites is 2. The van der Waals surface area contributed by atoms with Crippen LogP contribution in [-0.4, -0.2) is 30.0 Å². The highest BCUT2D eigenvalue weighted by atomic mass is 16.6. The maximum atomic E-state index is 11.8. The number of nitrogens with two attached hydrogens (primary N) is 1. The summed E-state index contributed by atoms with van der Waals surface area (Å²) in [5.74, 6) is -0.0816. The summed E-state index contributed by atoms with van der Waals surface area (Å²) in [4.78, 5) is 22.2. The van der Waals surface area contributed by atoms with Crippen LogP contribution in [0.3, 0.4) is 0 Å². The SMILES string of the molecule is CCC(C)C(N)C(=O)NCCNc1ccccc1[N+](=O)[O-]. The number of amides is 1. The Bertz CT molecular complexity index is 493. The van der Waals surface area contributed by atoms with Crippen LogP contribution in [-0.2, 0) is 4.79 Å². The van der Waals surface area contributed by atoms with E-state index in [1.807, 2.05) is 13.8 Å². The van der Waals surface area contributed by atoms with Crippen molar-refractivity contribution >= 4 is 17.3 Å². The summed E-state index contributed by atoms with van der Waals surface area (Å²) in [6.07, 6.45) is 0.836. The van der Waals surface area contributed by atoms with Crippen molar-refractivity contribution in [3.8, 4) is 0 Å². The number of carbonyl (C=O) groups is 1. The minimum Gasteiger partial charge on any atom is -0.378 e. The molecule has 0 saturated carbocycles. The predicted octanol–water partition coefficient (Wildman–Crippen LogP) is 1.50. The first-order valence-corrected chi connectivity index (χ1v) is 6.98. The molecule has 0 heterocycles. The van der Waals surface area contributed by atoms with E-state index in [2.05, 4.69) is 10.6 Å². The number of anilines is 1. The van der Waals surface area contributed by atoms with E-state index < -0.39 is 11.0 Å². The largest absolute Gasteiger partial charge is 0.378 e. The van der Waals surface area contributed by atoms with Crippen LogP contribution in [0.25, 0.3) is 0 Å². The molecule has 0 aliphatic rings. The Morgan fingerprint density at radius 3 is 2.67 bits per heavy atom. The third-order valence-corrected chi connectivity index (χ3v) is 3.40. The quantitative estimate of drug-likeness (QED) is 0.382. The number of nitrogens with zero attached hydrogens (tertiary/aromatic N) is 1. The average Bonchev–Trinajstić information content (AvgIpc) is 2.49. The summed E-state index contributed by atoms with van der Waals surface area (Å²) < 4.78 is 0. The molecule has 7 heteroatoms. The Hall–Kier alpha value is -2.15. The molecule has 0 aliphatic heterocycles. The van der Waals surface area contributed by atoms with Crippen LogP contribution < -0.4 is 16.4 Å². The number of nitro groups is 1. The minimum absolute atomic E-state index is 0.0140. The number of rotatable bonds is 8. The minimum atomic E-state index is -0.527. The molecule has 2 unspecified atom stereocenters. The highest BCUT2D eigenvalue weighted by Gasteiger charge is 2.18. The lowest BCUT2D eigenvalue weighted by Gasteiger charge is -2.17. The second kappa shape index (κ2) is 8.21. The van der Waals surface area contributed by atoms with Gasteiger partial charge in [0, 0.05) is 19.2 Å². The molecule has 0 radical (unpaired) electrons. The summed E-state index contributed by atoms with van der Waals surface area (Å²) in [6, 6.07) is 5.86. The Labute approximate surface area is 124 Å². The number of nitrogens with one attached hydrogen (secondary N) is 2. The fraction of sp³-hybridized carbons (Fsp3) is 0.500. The third-order valence-electron chi connectivity index (χ3n) is 3.40. The zero-order valence-electron chi connectivity index (χ0n) is 12.3. The second-order valence-corrected chi connectivity index (χ2v) is 4.90. The van der Waals surface area contributed by atoms with Gasteiger partial charge < -0.3 is 16.4 Å². The first kappa shape index (κ1) is 16.9. The molecule has 0 saturated heterocycles. The van der Waals surface area contributed by atoms with Crippen molar-refractivity contribution in [1.82, 2.24) is 5.32 Å². The number of benzene rings is 1. The molecular formula is C14H22N4O3. The van der Waals surface area contributed by atoms with Crippen LogP contribution in [0.5, 0.6) is 0 Å². The summed E-state index contributed by atoms with van der Waals surface area (Å²) in [6.45, 7) is 4.66. The second-order valence-electron chi connectivity index (χ2n) is 4.90. The Kier molecular flexibility index (Phi) is 6.61. The van der Waals surface area contributed by atoms with Gasteiger partial charge in [-0.2, -0.15) is 0 Å². The van der Waals surface area contributed by atoms with Crippen molar-refractivity contribution in [1.29, 1.82) is 0 Å². The number of hydrogen-bond donors (Lipinski definition) is 3. The summed E-state index contributed by atoms with van der Waals surface area (Å²) in [5.41, 5.74) is 6.25. The Morgan fingerprint density at radius 2 is 2.05 bits per heavy atom. The standard InChI is InChI=1S/C14H22N4O3/c1-3-10(2)13(15)14(19)17-9-8-16-11-6-4-5-7-12(11)18(20)21/h4-7,10,13,16H,3,8-9,15H2,1-2H3,(H,17,19). The smallest absolute Gasteiger partial charge is 0.292 e. The number of carbonyl (C=O) groups excluding carboxylic acids is 1. The van der Waals surface area contributed by atoms with Gasteiger partial charge in [-0.1, -0.05) is 32.4 Å². The van der Waals surface area contributed by atoms with Gasteiger partial charge in [-0.25, -0.2) is 0 Å². The predicted molar refractivity (Wildman–Crippen MR) is 82.0 cm³/mol. The molecule has 4 N–H and O–H groups in total. The molecule has 0 aromatic heterocycles. The van der Waals surface area contributed by atoms with E-state index in [1.54, 1.807) is 18.2 Å². The fourth-order valence-electron chi connectivity index (χ4n) is 1.80. The summed E-state index contributed by atoms with van der Waals surface area (Å²) >= 11 is 0. The van der Waals surface area contributed by atoms with Gasteiger partial charge in [-0.05, 0) is 12.0 Å². The van der Waals surface area contributed by atoms with Gasteiger partial charge in [-0.3, -0.25) is 14.9 Å². The Morgan fingerprint density at radius 1 is 1.38 bits per heavy atom. The topological polar surface area (TPSA) is 110 Å². The lowest BCUT2D eigenvalue weighted by Crippen LogP contribution is -2.45. The maximum Gasteiger partial charge on any atom is 0.292 e. The molecule has 0 aliphatic carbocycles. The molecule has 0 spiro atoms. The highest BCUT2D eigenvalue weighted by molar-refractivity contribution is 5.81. The van der Waals surface area contributed by atoms with Gasteiger partial charge in [0.05, 0.1) is 11.0 Å². The molecular weight excluding hydrogens is 272 g/mol. The van der Waals surface area contributed by atoms with E-state index in [0.29, 0.717) is 18.8 Å². The van der Waals surface area contributed by atoms with Crippen molar-refractivity contribution in [3.63, 3.8) is 0 Å². The van der Waals surface area contributed by atoms with Crippen molar-refractivity contribution in [2.24, 2.45) is 11.7 Å². The fourth-order valence-corrected chi connectivity index (χ4v) is 1.80. The van der Waals surface area contributed by atoms with Crippen LogP contribution in [0.1, 0.15) is 20.3 Å².